The van der Waals surface area contributed by atoms with E-state index in [-0.39, 0.29) is 0 Å². The Morgan fingerprint density at radius 3 is 1.97 bits per heavy atom. The van der Waals surface area contributed by atoms with Crippen LogP contribution in [0, 0.1) is 0 Å². The van der Waals surface area contributed by atoms with Gasteiger partial charge in [-0.25, -0.2) is 15.0 Å². The summed E-state index contributed by atoms with van der Waals surface area (Å²) in [6, 6.07) is 29.6. The van der Waals surface area contributed by atoms with E-state index in [2.05, 4.69) is 11.1 Å². The highest BCUT2D eigenvalue weighted by Crippen LogP contribution is 2.39. The molecule has 0 aliphatic carbocycles. The lowest BCUT2D eigenvalue weighted by Crippen LogP contribution is -2.00. The van der Waals surface area contributed by atoms with E-state index in [4.69, 9.17) is 31.0 Å². The summed E-state index contributed by atoms with van der Waals surface area (Å²) in [6.45, 7) is 0. The summed E-state index contributed by atoms with van der Waals surface area (Å²) in [5.41, 5.74) is 4.05. The first-order chi connectivity index (χ1) is 17.7. The summed E-state index contributed by atoms with van der Waals surface area (Å²) >= 11 is 6.58. The third kappa shape index (κ3) is 3.49. The van der Waals surface area contributed by atoms with E-state index in [1.807, 2.05) is 91.1 Å². The lowest BCUT2D eigenvalue weighted by Gasteiger charge is -2.09. The van der Waals surface area contributed by atoms with Gasteiger partial charge < -0.3 is 4.42 Å². The normalized spacial score (nSPS) is 11.5. The van der Waals surface area contributed by atoms with Gasteiger partial charge in [0.2, 0.25) is 0 Å². The number of aromatic nitrogens is 4. The minimum absolute atomic E-state index is 0.532. The van der Waals surface area contributed by atoms with Gasteiger partial charge in [-0.3, -0.25) is 4.98 Å². The third-order valence-corrected chi connectivity index (χ3v) is 6.45. The molecule has 0 aliphatic rings. The van der Waals surface area contributed by atoms with Crippen LogP contribution in [0.1, 0.15) is 0 Å². The third-order valence-electron chi connectivity index (χ3n) is 6.24. The fourth-order valence-corrected chi connectivity index (χ4v) is 4.77. The van der Waals surface area contributed by atoms with Crippen molar-refractivity contribution in [2.75, 3.05) is 0 Å². The number of halogens is 1. The van der Waals surface area contributed by atoms with Gasteiger partial charge in [0.05, 0.1) is 0 Å². The van der Waals surface area contributed by atoms with Crippen LogP contribution in [0.3, 0.4) is 0 Å². The molecular weight excluding hydrogens is 468 g/mol. The molecule has 0 N–H and O–H groups in total. The minimum Gasteiger partial charge on any atom is -0.456 e. The van der Waals surface area contributed by atoms with Crippen LogP contribution in [-0.2, 0) is 0 Å². The molecule has 4 aromatic carbocycles. The average Bonchev–Trinajstić information content (AvgIpc) is 3.28. The maximum atomic E-state index is 6.58. The molecular formula is C30H17ClN4O. The van der Waals surface area contributed by atoms with Crippen molar-refractivity contribution in [3.05, 3.63) is 108 Å². The zero-order chi connectivity index (χ0) is 24.1. The van der Waals surface area contributed by atoms with Crippen molar-refractivity contribution in [2.24, 2.45) is 0 Å². The van der Waals surface area contributed by atoms with E-state index in [0.717, 1.165) is 43.8 Å². The molecule has 3 heterocycles. The number of furan rings is 1. The highest BCUT2D eigenvalue weighted by Gasteiger charge is 2.19. The van der Waals surface area contributed by atoms with Crippen molar-refractivity contribution in [2.45, 2.75) is 0 Å². The molecule has 0 fully saturated rings. The predicted molar refractivity (Wildman–Crippen MR) is 144 cm³/mol. The maximum absolute atomic E-state index is 6.58. The molecule has 3 aromatic heterocycles. The van der Waals surface area contributed by atoms with Gasteiger partial charge in [0.25, 0.3) is 0 Å². The van der Waals surface area contributed by atoms with Crippen LogP contribution in [0.2, 0.25) is 5.02 Å². The standard InChI is InChI=1S/C30H17ClN4O/c31-22-15-24(27-23-13-21-17-32-12-11-20(21)14-25(23)36-26(27)16-22)30-34-28(18-7-3-1-4-8-18)33-29(35-30)19-9-5-2-6-10-19/h1-17H. The van der Waals surface area contributed by atoms with Crippen LogP contribution in [0.25, 0.3) is 66.9 Å². The number of hydrogen-bond acceptors (Lipinski definition) is 5. The Morgan fingerprint density at radius 1 is 0.611 bits per heavy atom. The summed E-state index contributed by atoms with van der Waals surface area (Å²) < 4.78 is 6.26. The summed E-state index contributed by atoms with van der Waals surface area (Å²) in [5, 5.41) is 4.50. The van der Waals surface area contributed by atoms with Gasteiger partial charge in [0, 0.05) is 56.3 Å². The van der Waals surface area contributed by atoms with Crippen LogP contribution in [-0.4, -0.2) is 19.9 Å². The van der Waals surface area contributed by atoms with Crippen LogP contribution in [0.4, 0.5) is 0 Å². The Kier molecular flexibility index (Phi) is 4.76. The number of benzene rings is 4. The van der Waals surface area contributed by atoms with Crippen molar-refractivity contribution in [3.8, 4) is 34.2 Å². The molecule has 6 heteroatoms. The molecule has 0 unspecified atom stereocenters. The number of rotatable bonds is 3. The molecule has 36 heavy (non-hydrogen) atoms. The second-order valence-electron chi connectivity index (χ2n) is 8.54. The first-order valence-corrected chi connectivity index (χ1v) is 11.9. The van der Waals surface area contributed by atoms with E-state index < -0.39 is 0 Å². The Hall–Kier alpha value is -4.61. The van der Waals surface area contributed by atoms with Crippen molar-refractivity contribution in [1.82, 2.24) is 19.9 Å². The van der Waals surface area contributed by atoms with Gasteiger partial charge >= 0.3 is 0 Å². The number of pyridine rings is 1. The first kappa shape index (κ1) is 20.7. The molecule has 0 radical (unpaired) electrons. The van der Waals surface area contributed by atoms with E-state index in [9.17, 15) is 0 Å². The number of nitrogens with zero attached hydrogens (tertiary/aromatic N) is 4. The molecule has 0 amide bonds. The molecule has 0 spiro atoms. The van der Waals surface area contributed by atoms with Crippen LogP contribution in [0.15, 0.2) is 108 Å². The smallest absolute Gasteiger partial charge is 0.164 e. The number of hydrogen-bond donors (Lipinski definition) is 0. The Bertz CT molecular complexity index is 1840. The van der Waals surface area contributed by atoms with E-state index >= 15 is 0 Å². The van der Waals surface area contributed by atoms with E-state index in [0.29, 0.717) is 28.1 Å². The van der Waals surface area contributed by atoms with Gasteiger partial charge in [-0.05, 0) is 29.7 Å². The van der Waals surface area contributed by atoms with Crippen molar-refractivity contribution < 1.29 is 4.42 Å². The predicted octanol–water partition coefficient (Wildman–Crippen LogP) is 7.97. The van der Waals surface area contributed by atoms with E-state index in [1.54, 1.807) is 6.20 Å². The van der Waals surface area contributed by atoms with Crippen molar-refractivity contribution in [1.29, 1.82) is 0 Å². The van der Waals surface area contributed by atoms with Crippen LogP contribution >= 0.6 is 11.6 Å². The fraction of sp³-hybridized carbons (Fsp3) is 0. The second kappa shape index (κ2) is 8.26. The van der Waals surface area contributed by atoms with Crippen LogP contribution < -0.4 is 0 Å². The summed E-state index contributed by atoms with van der Waals surface area (Å²) in [4.78, 5) is 18.9. The zero-order valence-electron chi connectivity index (χ0n) is 18.9. The van der Waals surface area contributed by atoms with Gasteiger partial charge in [-0.2, -0.15) is 0 Å². The Balaban J connectivity index is 1.55. The second-order valence-corrected chi connectivity index (χ2v) is 8.97. The lowest BCUT2D eigenvalue weighted by atomic mass is 10.0. The molecule has 7 aromatic rings. The van der Waals surface area contributed by atoms with Crippen LogP contribution in [0.5, 0.6) is 0 Å². The average molecular weight is 485 g/mol. The van der Waals surface area contributed by atoms with Gasteiger partial charge in [-0.1, -0.05) is 72.3 Å². The van der Waals surface area contributed by atoms with Gasteiger partial charge in [0.1, 0.15) is 11.2 Å². The molecule has 0 bridgehead atoms. The molecule has 170 valence electrons. The first-order valence-electron chi connectivity index (χ1n) is 11.5. The largest absolute Gasteiger partial charge is 0.456 e. The van der Waals surface area contributed by atoms with Crippen molar-refractivity contribution in [3.63, 3.8) is 0 Å². The van der Waals surface area contributed by atoms with E-state index in [1.165, 1.54) is 0 Å². The quantitative estimate of drug-likeness (QED) is 0.254. The molecule has 5 nitrogen and oxygen atoms in total. The summed E-state index contributed by atoms with van der Waals surface area (Å²) in [5.74, 6) is 1.72. The minimum atomic E-state index is 0.532. The lowest BCUT2D eigenvalue weighted by molar-refractivity contribution is 0.669. The Labute approximate surface area is 211 Å². The summed E-state index contributed by atoms with van der Waals surface area (Å²) in [6.07, 6.45) is 3.63. The SMILES string of the molecule is Clc1cc(-c2nc(-c3ccccc3)nc(-c3ccccc3)n2)c2c(c1)oc1cc3ccncc3cc12. The highest BCUT2D eigenvalue weighted by atomic mass is 35.5. The molecule has 0 saturated heterocycles. The fourth-order valence-electron chi connectivity index (χ4n) is 4.56. The molecule has 0 aliphatic heterocycles. The monoisotopic (exact) mass is 484 g/mol. The van der Waals surface area contributed by atoms with Gasteiger partial charge in [0.15, 0.2) is 17.5 Å². The van der Waals surface area contributed by atoms with Gasteiger partial charge in [-0.15, -0.1) is 0 Å². The molecule has 0 atom stereocenters. The Morgan fingerprint density at radius 2 is 1.28 bits per heavy atom. The number of fused-ring (bicyclic) bond motifs is 4. The maximum Gasteiger partial charge on any atom is 0.164 e. The van der Waals surface area contributed by atoms with Crippen molar-refractivity contribution >= 4 is 44.3 Å². The molecule has 7 rings (SSSR count). The zero-order valence-corrected chi connectivity index (χ0v) is 19.6. The highest BCUT2D eigenvalue weighted by molar-refractivity contribution is 6.32. The molecule has 0 saturated carbocycles. The summed E-state index contributed by atoms with van der Waals surface area (Å²) in [7, 11) is 0. The topological polar surface area (TPSA) is 64.7 Å².